The van der Waals surface area contributed by atoms with Crippen molar-refractivity contribution in [2.24, 2.45) is 0 Å². The van der Waals surface area contributed by atoms with Gasteiger partial charge in [-0.3, -0.25) is 9.69 Å². The van der Waals surface area contributed by atoms with Gasteiger partial charge in [-0.2, -0.15) is 0 Å². The Hall–Kier alpha value is -2.61. The van der Waals surface area contributed by atoms with Gasteiger partial charge in [-0.05, 0) is 49.2 Å². The third-order valence-corrected chi connectivity index (χ3v) is 6.71. The highest BCUT2D eigenvalue weighted by Crippen LogP contribution is 2.16. The van der Waals surface area contributed by atoms with E-state index in [1.807, 2.05) is 38.1 Å². The Balaban J connectivity index is 1.18. The molecule has 3 rings (SSSR count). The predicted octanol–water partition coefficient (Wildman–Crippen LogP) is 3.47. The van der Waals surface area contributed by atoms with Gasteiger partial charge < -0.3 is 25.4 Å². The van der Waals surface area contributed by atoms with Crippen molar-refractivity contribution >= 4 is 11.6 Å². The summed E-state index contributed by atoms with van der Waals surface area (Å²) in [7, 11) is 0. The second-order valence-electron chi connectivity index (χ2n) is 10.3. The van der Waals surface area contributed by atoms with Crippen LogP contribution in [-0.4, -0.2) is 80.5 Å². The summed E-state index contributed by atoms with van der Waals surface area (Å²) in [5.41, 5.74) is 2.29. The standard InChI is InChI=1S/C30H46N4O3/c1-25(2)32-23-28(35)24-37-29-14-12-26(13-15-29)22-30(36)31-16-8-3-4-9-17-33-18-20-34(21-19-33)27-10-6-5-7-11-27/h5-7,10-15,25,28,32,35H,3-4,8-9,16-24H2,1-2H3,(H,31,36)/t28-/m0/s1. The lowest BCUT2D eigenvalue weighted by atomic mass is 10.1. The first kappa shape index (κ1) is 29.0. The van der Waals surface area contributed by atoms with E-state index in [0.29, 0.717) is 24.8 Å². The molecular formula is C30H46N4O3. The van der Waals surface area contributed by atoms with Crippen LogP contribution < -0.4 is 20.3 Å². The number of hydrogen-bond acceptors (Lipinski definition) is 6. The Labute approximate surface area is 223 Å². The lowest BCUT2D eigenvalue weighted by molar-refractivity contribution is -0.120. The summed E-state index contributed by atoms with van der Waals surface area (Å²) in [6, 6.07) is 18.5. The quantitative estimate of drug-likeness (QED) is 0.300. The van der Waals surface area contributed by atoms with Gasteiger partial charge in [0.2, 0.25) is 5.91 Å². The van der Waals surface area contributed by atoms with Crippen LogP contribution >= 0.6 is 0 Å². The van der Waals surface area contributed by atoms with Crippen LogP contribution in [0.4, 0.5) is 5.69 Å². The number of hydrogen-bond donors (Lipinski definition) is 3. The van der Waals surface area contributed by atoms with Crippen molar-refractivity contribution in [3.8, 4) is 5.75 Å². The molecule has 0 spiro atoms. The summed E-state index contributed by atoms with van der Waals surface area (Å²) in [6.07, 6.45) is 4.42. The molecule has 204 valence electrons. The van der Waals surface area contributed by atoms with Crippen molar-refractivity contribution in [2.45, 2.75) is 58.1 Å². The van der Waals surface area contributed by atoms with E-state index in [9.17, 15) is 9.90 Å². The summed E-state index contributed by atoms with van der Waals surface area (Å²) < 4.78 is 5.64. The smallest absolute Gasteiger partial charge is 0.224 e. The van der Waals surface area contributed by atoms with Gasteiger partial charge in [0.1, 0.15) is 18.5 Å². The Morgan fingerprint density at radius 2 is 1.65 bits per heavy atom. The molecule has 2 aromatic rings. The van der Waals surface area contributed by atoms with E-state index < -0.39 is 6.10 Å². The fourth-order valence-electron chi connectivity index (χ4n) is 4.48. The molecule has 1 fully saturated rings. The van der Waals surface area contributed by atoms with Gasteiger partial charge in [-0.1, -0.05) is 57.0 Å². The number of anilines is 1. The normalized spacial score (nSPS) is 15.1. The van der Waals surface area contributed by atoms with E-state index in [4.69, 9.17) is 4.74 Å². The minimum absolute atomic E-state index is 0.0557. The van der Waals surface area contributed by atoms with Crippen molar-refractivity contribution in [2.75, 3.05) is 57.3 Å². The molecule has 1 saturated heterocycles. The zero-order valence-electron chi connectivity index (χ0n) is 22.7. The summed E-state index contributed by atoms with van der Waals surface area (Å²) in [4.78, 5) is 17.3. The van der Waals surface area contributed by atoms with E-state index in [-0.39, 0.29) is 12.5 Å². The predicted molar refractivity (Wildman–Crippen MR) is 151 cm³/mol. The van der Waals surface area contributed by atoms with Gasteiger partial charge in [0.25, 0.3) is 0 Å². The van der Waals surface area contributed by atoms with Crippen molar-refractivity contribution in [1.82, 2.24) is 15.5 Å². The number of nitrogens with one attached hydrogen (secondary N) is 2. The van der Waals surface area contributed by atoms with E-state index in [2.05, 4.69) is 50.8 Å². The number of piperazine rings is 1. The number of aliphatic hydroxyl groups excluding tert-OH is 1. The van der Waals surface area contributed by atoms with Crippen LogP contribution in [0, 0.1) is 0 Å². The number of ether oxygens (including phenoxy) is 1. The van der Waals surface area contributed by atoms with Gasteiger partial charge in [0.05, 0.1) is 6.42 Å². The number of para-hydroxylation sites is 1. The van der Waals surface area contributed by atoms with Gasteiger partial charge >= 0.3 is 0 Å². The first-order valence-electron chi connectivity index (χ1n) is 13.9. The molecule has 7 heteroatoms. The molecule has 2 aromatic carbocycles. The van der Waals surface area contributed by atoms with Crippen LogP contribution in [0.3, 0.4) is 0 Å². The highest BCUT2D eigenvalue weighted by molar-refractivity contribution is 5.78. The van der Waals surface area contributed by atoms with Gasteiger partial charge in [-0.15, -0.1) is 0 Å². The Kier molecular flexibility index (Phi) is 12.7. The lowest BCUT2D eigenvalue weighted by Gasteiger charge is -2.36. The van der Waals surface area contributed by atoms with Crippen LogP contribution in [-0.2, 0) is 11.2 Å². The third kappa shape index (κ3) is 11.5. The molecular weight excluding hydrogens is 464 g/mol. The summed E-state index contributed by atoms with van der Waals surface area (Å²) in [5.74, 6) is 0.756. The van der Waals surface area contributed by atoms with Crippen molar-refractivity contribution < 1.29 is 14.6 Å². The number of nitrogens with zero attached hydrogens (tertiary/aromatic N) is 2. The zero-order valence-corrected chi connectivity index (χ0v) is 22.7. The molecule has 1 amide bonds. The van der Waals surface area contributed by atoms with Crippen LogP contribution in [0.2, 0.25) is 0 Å². The lowest BCUT2D eigenvalue weighted by Crippen LogP contribution is -2.46. The fourth-order valence-corrected chi connectivity index (χ4v) is 4.48. The molecule has 1 aliphatic heterocycles. The molecule has 1 heterocycles. The first-order valence-corrected chi connectivity index (χ1v) is 13.9. The maximum atomic E-state index is 12.3. The van der Waals surface area contributed by atoms with Crippen molar-refractivity contribution in [1.29, 1.82) is 0 Å². The van der Waals surface area contributed by atoms with E-state index in [1.165, 1.54) is 25.1 Å². The fraction of sp³-hybridized carbons (Fsp3) is 0.567. The van der Waals surface area contributed by atoms with Gasteiger partial charge in [0.15, 0.2) is 0 Å². The second kappa shape index (κ2) is 16.3. The molecule has 7 nitrogen and oxygen atoms in total. The number of rotatable bonds is 16. The Morgan fingerprint density at radius 1 is 0.946 bits per heavy atom. The first-order chi connectivity index (χ1) is 18.0. The van der Waals surface area contributed by atoms with Crippen molar-refractivity contribution in [3.05, 3.63) is 60.2 Å². The van der Waals surface area contributed by atoms with Crippen molar-refractivity contribution in [3.63, 3.8) is 0 Å². The number of benzene rings is 2. The van der Waals surface area contributed by atoms with Crippen LogP contribution in [0.15, 0.2) is 54.6 Å². The second-order valence-corrected chi connectivity index (χ2v) is 10.3. The van der Waals surface area contributed by atoms with E-state index in [1.54, 1.807) is 0 Å². The maximum absolute atomic E-state index is 12.3. The molecule has 3 N–H and O–H groups in total. The average molecular weight is 511 g/mol. The third-order valence-electron chi connectivity index (χ3n) is 6.71. The van der Waals surface area contributed by atoms with Crippen LogP contribution in [0.5, 0.6) is 5.75 Å². The number of aliphatic hydroxyl groups is 1. The summed E-state index contributed by atoms with van der Waals surface area (Å²) >= 11 is 0. The van der Waals surface area contributed by atoms with Crippen LogP contribution in [0.1, 0.15) is 45.1 Å². The number of carbonyl (C=O) groups excluding carboxylic acids is 1. The summed E-state index contributed by atoms with van der Waals surface area (Å²) in [5, 5.41) is 16.2. The highest BCUT2D eigenvalue weighted by atomic mass is 16.5. The minimum atomic E-state index is -0.552. The molecule has 0 saturated carbocycles. The SMILES string of the molecule is CC(C)NC[C@H](O)COc1ccc(CC(=O)NCCCCCCN2CCN(c3ccccc3)CC2)cc1. The molecule has 1 aliphatic rings. The van der Waals surface area contributed by atoms with E-state index >= 15 is 0 Å². The molecule has 0 unspecified atom stereocenters. The largest absolute Gasteiger partial charge is 0.491 e. The number of amides is 1. The molecule has 0 radical (unpaired) electrons. The zero-order chi connectivity index (χ0) is 26.3. The minimum Gasteiger partial charge on any atom is -0.491 e. The average Bonchev–Trinajstić information content (AvgIpc) is 2.92. The summed E-state index contributed by atoms with van der Waals surface area (Å²) in [6.45, 7) is 11.2. The molecule has 0 aliphatic carbocycles. The van der Waals surface area contributed by atoms with Crippen LogP contribution in [0.25, 0.3) is 0 Å². The Bertz CT molecular complexity index is 883. The molecule has 0 aromatic heterocycles. The van der Waals surface area contributed by atoms with E-state index in [0.717, 1.165) is 51.1 Å². The highest BCUT2D eigenvalue weighted by Gasteiger charge is 2.16. The Morgan fingerprint density at radius 3 is 2.35 bits per heavy atom. The molecule has 0 bridgehead atoms. The molecule has 1 atom stereocenters. The molecule has 37 heavy (non-hydrogen) atoms. The maximum Gasteiger partial charge on any atom is 0.224 e. The van der Waals surface area contributed by atoms with Gasteiger partial charge in [0, 0.05) is 51.0 Å². The number of carbonyl (C=O) groups is 1. The number of unbranched alkanes of at least 4 members (excludes halogenated alkanes) is 3. The van der Waals surface area contributed by atoms with Gasteiger partial charge in [-0.25, -0.2) is 0 Å². The topological polar surface area (TPSA) is 77.1 Å². The monoisotopic (exact) mass is 510 g/mol.